The minimum Gasteiger partial charge on any atom is -0.481 e. The molecule has 168 valence electrons. The largest absolute Gasteiger partial charge is 0.481 e. The van der Waals surface area contributed by atoms with Gasteiger partial charge in [0.25, 0.3) is 15.9 Å². The molecule has 1 atom stereocenters. The van der Waals surface area contributed by atoms with Crippen LogP contribution in [0.4, 0.5) is 11.5 Å². The summed E-state index contributed by atoms with van der Waals surface area (Å²) in [6, 6.07) is 14.7. The second-order valence-corrected chi connectivity index (χ2v) is 8.50. The zero-order valence-corrected chi connectivity index (χ0v) is 18.7. The highest BCUT2D eigenvalue weighted by Gasteiger charge is 2.18. The van der Waals surface area contributed by atoms with Crippen LogP contribution in [0, 0.1) is 0 Å². The first-order valence-corrected chi connectivity index (χ1v) is 11.3. The Morgan fingerprint density at radius 1 is 1.06 bits per heavy atom. The second-order valence-electron chi connectivity index (χ2n) is 6.82. The average molecular weight is 457 g/mol. The number of aryl methyl sites for hydroxylation is 1. The Labute approximate surface area is 186 Å². The fraction of sp³-hybridized carbons (Fsp3) is 0.227. The molecule has 0 aliphatic carbocycles. The van der Waals surface area contributed by atoms with Crippen LogP contribution in [0.3, 0.4) is 0 Å². The highest BCUT2D eigenvalue weighted by atomic mass is 32.2. The molecule has 1 aromatic heterocycles. The number of anilines is 2. The lowest BCUT2D eigenvalue weighted by molar-refractivity contribution is -0.122. The lowest BCUT2D eigenvalue weighted by Crippen LogP contribution is -2.30. The number of nitrogens with zero attached hydrogens (tertiary/aromatic N) is 2. The van der Waals surface area contributed by atoms with E-state index in [-0.39, 0.29) is 22.5 Å². The number of nitrogens with one attached hydrogen (secondary N) is 2. The molecule has 3 aromatic rings. The standard InChI is InChI=1S/C22H24N4O5S/c1-4-16-5-9-18(10-6-16)31-15(2)22(27)25-17-7-11-19(12-8-17)32(28,29)26-20-13-21(30-3)24-14-23-20/h5-15H,4H2,1-3H3,(H,25,27)(H,23,24,26). The van der Waals surface area contributed by atoms with Gasteiger partial charge in [-0.1, -0.05) is 19.1 Å². The Hall–Kier alpha value is -3.66. The Bertz CT molecular complexity index is 1170. The lowest BCUT2D eigenvalue weighted by atomic mass is 10.2. The first-order valence-electron chi connectivity index (χ1n) is 9.86. The average Bonchev–Trinajstić information content (AvgIpc) is 2.79. The molecule has 1 amide bonds. The molecule has 1 heterocycles. The number of amides is 1. The van der Waals surface area contributed by atoms with Crippen molar-refractivity contribution in [1.29, 1.82) is 0 Å². The number of carbonyl (C=O) groups excluding carboxylic acids is 1. The van der Waals surface area contributed by atoms with Crippen LogP contribution in [0.5, 0.6) is 11.6 Å². The molecule has 1 unspecified atom stereocenters. The highest BCUT2D eigenvalue weighted by Crippen LogP contribution is 2.19. The molecule has 0 saturated heterocycles. The Kier molecular flexibility index (Phi) is 7.26. The van der Waals surface area contributed by atoms with Gasteiger partial charge < -0.3 is 14.8 Å². The predicted octanol–water partition coefficient (Wildman–Crippen LogP) is 3.25. The number of ether oxygens (including phenoxy) is 2. The van der Waals surface area contributed by atoms with Gasteiger partial charge in [-0.15, -0.1) is 0 Å². The van der Waals surface area contributed by atoms with Crippen LogP contribution in [-0.4, -0.2) is 37.5 Å². The summed E-state index contributed by atoms with van der Waals surface area (Å²) in [5.41, 5.74) is 1.62. The third-order valence-electron chi connectivity index (χ3n) is 4.54. The van der Waals surface area contributed by atoms with E-state index in [0.717, 1.165) is 6.42 Å². The molecule has 9 nitrogen and oxygen atoms in total. The molecule has 0 bridgehead atoms. The van der Waals surface area contributed by atoms with Gasteiger partial charge in [0, 0.05) is 11.8 Å². The van der Waals surface area contributed by atoms with E-state index in [1.165, 1.54) is 49.3 Å². The summed E-state index contributed by atoms with van der Waals surface area (Å²) >= 11 is 0. The first kappa shape index (κ1) is 23.0. The first-order chi connectivity index (χ1) is 15.3. The van der Waals surface area contributed by atoms with E-state index >= 15 is 0 Å². The minimum absolute atomic E-state index is 0.00777. The zero-order valence-electron chi connectivity index (χ0n) is 17.9. The molecule has 0 spiro atoms. The smallest absolute Gasteiger partial charge is 0.265 e. The number of sulfonamides is 1. The molecule has 2 aromatic carbocycles. The molecule has 2 N–H and O–H groups in total. The Morgan fingerprint density at radius 3 is 2.38 bits per heavy atom. The van der Waals surface area contributed by atoms with Crippen LogP contribution in [-0.2, 0) is 21.2 Å². The normalized spacial score (nSPS) is 12.0. The monoisotopic (exact) mass is 456 g/mol. The van der Waals surface area contributed by atoms with E-state index in [1.54, 1.807) is 6.92 Å². The second kappa shape index (κ2) is 10.1. The number of hydrogen-bond acceptors (Lipinski definition) is 7. The van der Waals surface area contributed by atoms with Crippen LogP contribution >= 0.6 is 0 Å². The van der Waals surface area contributed by atoms with Crippen molar-refractivity contribution in [2.45, 2.75) is 31.3 Å². The third-order valence-corrected chi connectivity index (χ3v) is 5.91. The van der Waals surface area contributed by atoms with Crippen LogP contribution in [0.15, 0.2) is 65.8 Å². The molecular formula is C22H24N4O5S. The van der Waals surface area contributed by atoms with Crippen molar-refractivity contribution in [3.05, 3.63) is 66.5 Å². The molecule has 0 aliphatic heterocycles. The summed E-state index contributed by atoms with van der Waals surface area (Å²) < 4.78 is 38.1. The highest BCUT2D eigenvalue weighted by molar-refractivity contribution is 7.92. The SMILES string of the molecule is CCc1ccc(OC(C)C(=O)Nc2ccc(S(=O)(=O)Nc3cc(OC)ncn3)cc2)cc1. The van der Waals surface area contributed by atoms with Gasteiger partial charge in [0.05, 0.1) is 12.0 Å². The molecule has 0 radical (unpaired) electrons. The van der Waals surface area contributed by atoms with E-state index in [2.05, 4.69) is 26.9 Å². The molecule has 32 heavy (non-hydrogen) atoms. The topological polar surface area (TPSA) is 120 Å². The molecule has 3 rings (SSSR count). The van der Waals surface area contributed by atoms with Gasteiger partial charge >= 0.3 is 0 Å². The molecular weight excluding hydrogens is 432 g/mol. The van der Waals surface area contributed by atoms with Crippen molar-refractivity contribution >= 4 is 27.4 Å². The van der Waals surface area contributed by atoms with Crippen molar-refractivity contribution in [2.75, 3.05) is 17.1 Å². The molecule has 10 heteroatoms. The molecule has 0 aliphatic rings. The number of rotatable bonds is 9. The summed E-state index contributed by atoms with van der Waals surface area (Å²) in [6.07, 6.45) is 1.38. The predicted molar refractivity (Wildman–Crippen MR) is 120 cm³/mol. The van der Waals surface area contributed by atoms with Crippen molar-refractivity contribution in [3.8, 4) is 11.6 Å². The van der Waals surface area contributed by atoms with E-state index in [1.807, 2.05) is 24.3 Å². The van der Waals surface area contributed by atoms with Crippen molar-refractivity contribution in [2.24, 2.45) is 0 Å². The number of methoxy groups -OCH3 is 1. The maximum Gasteiger partial charge on any atom is 0.265 e. The van der Waals surface area contributed by atoms with Crippen molar-refractivity contribution < 1.29 is 22.7 Å². The number of hydrogen-bond donors (Lipinski definition) is 2. The molecule has 0 saturated carbocycles. The van der Waals surface area contributed by atoms with Crippen LogP contribution in [0.25, 0.3) is 0 Å². The van der Waals surface area contributed by atoms with E-state index in [0.29, 0.717) is 11.4 Å². The fourth-order valence-corrected chi connectivity index (χ4v) is 3.73. The summed E-state index contributed by atoms with van der Waals surface area (Å²) in [7, 11) is -2.46. The number of benzene rings is 2. The van der Waals surface area contributed by atoms with Crippen LogP contribution < -0.4 is 19.5 Å². The number of aromatic nitrogens is 2. The van der Waals surface area contributed by atoms with Crippen molar-refractivity contribution in [3.63, 3.8) is 0 Å². The van der Waals surface area contributed by atoms with Gasteiger partial charge in [0.1, 0.15) is 17.9 Å². The Morgan fingerprint density at radius 2 is 1.75 bits per heavy atom. The maximum absolute atomic E-state index is 12.6. The lowest BCUT2D eigenvalue weighted by Gasteiger charge is -2.15. The van der Waals surface area contributed by atoms with Gasteiger partial charge in [-0.2, -0.15) is 0 Å². The van der Waals surface area contributed by atoms with Crippen molar-refractivity contribution in [1.82, 2.24) is 9.97 Å². The van der Waals surface area contributed by atoms with E-state index in [4.69, 9.17) is 9.47 Å². The van der Waals surface area contributed by atoms with Gasteiger partial charge in [0.2, 0.25) is 5.88 Å². The molecule has 0 fully saturated rings. The summed E-state index contributed by atoms with van der Waals surface area (Å²) in [6.45, 7) is 3.70. The van der Waals surface area contributed by atoms with Gasteiger partial charge in [-0.3, -0.25) is 9.52 Å². The van der Waals surface area contributed by atoms with Crippen LogP contribution in [0.1, 0.15) is 19.4 Å². The van der Waals surface area contributed by atoms with E-state index < -0.39 is 16.1 Å². The van der Waals surface area contributed by atoms with Gasteiger partial charge in [-0.25, -0.2) is 18.4 Å². The summed E-state index contributed by atoms with van der Waals surface area (Å²) in [4.78, 5) is 20.1. The quantitative estimate of drug-likeness (QED) is 0.507. The summed E-state index contributed by atoms with van der Waals surface area (Å²) in [5.74, 6) is 0.547. The maximum atomic E-state index is 12.6. The van der Waals surface area contributed by atoms with Gasteiger partial charge in [-0.05, 0) is 55.3 Å². The van der Waals surface area contributed by atoms with Crippen LogP contribution in [0.2, 0.25) is 0 Å². The van der Waals surface area contributed by atoms with E-state index in [9.17, 15) is 13.2 Å². The third kappa shape index (κ3) is 5.94. The zero-order chi connectivity index (χ0) is 23.1. The summed E-state index contributed by atoms with van der Waals surface area (Å²) in [5, 5.41) is 2.71. The van der Waals surface area contributed by atoms with Gasteiger partial charge in [0.15, 0.2) is 6.10 Å². The Balaban J connectivity index is 1.62. The number of carbonyl (C=O) groups is 1. The fourth-order valence-electron chi connectivity index (χ4n) is 2.73. The minimum atomic E-state index is -3.88.